The van der Waals surface area contributed by atoms with Gasteiger partial charge in [0.1, 0.15) is 10.7 Å². The molecule has 1 aliphatic rings. The molecule has 0 fully saturated rings. The van der Waals surface area contributed by atoms with Gasteiger partial charge < -0.3 is 5.32 Å². The molecule has 1 N–H and O–H groups in total. The molecule has 0 saturated carbocycles. The molecule has 0 spiro atoms. The standard InChI is InChI=1S/C11H11ClN2O2/c12-9-6-3-7-10(11(9)14(15)16)13-8-4-1-2-5-8/h1-3,6-8,13H,4-5H2. The minimum Gasteiger partial charge on any atom is -0.376 e. The van der Waals surface area contributed by atoms with E-state index in [0.29, 0.717) is 5.69 Å². The summed E-state index contributed by atoms with van der Waals surface area (Å²) in [7, 11) is 0. The number of anilines is 1. The smallest absolute Gasteiger partial charge is 0.310 e. The molecule has 0 atom stereocenters. The molecule has 1 aromatic rings. The molecule has 16 heavy (non-hydrogen) atoms. The Hall–Kier alpha value is -1.55. The van der Waals surface area contributed by atoms with Crippen LogP contribution in [0.4, 0.5) is 11.4 Å². The van der Waals surface area contributed by atoms with Crippen LogP contribution < -0.4 is 5.32 Å². The van der Waals surface area contributed by atoms with Crippen molar-refractivity contribution in [1.29, 1.82) is 0 Å². The van der Waals surface area contributed by atoms with E-state index in [9.17, 15) is 10.1 Å². The fraction of sp³-hybridized carbons (Fsp3) is 0.273. The monoisotopic (exact) mass is 238 g/mol. The van der Waals surface area contributed by atoms with E-state index in [4.69, 9.17) is 11.6 Å². The van der Waals surface area contributed by atoms with Crippen LogP contribution in [0.25, 0.3) is 0 Å². The molecule has 0 unspecified atom stereocenters. The molecular formula is C11H11ClN2O2. The van der Waals surface area contributed by atoms with Crippen molar-refractivity contribution in [1.82, 2.24) is 0 Å². The van der Waals surface area contributed by atoms with Gasteiger partial charge in [-0.3, -0.25) is 10.1 Å². The second-order valence-electron chi connectivity index (χ2n) is 3.68. The van der Waals surface area contributed by atoms with Crippen LogP contribution in [-0.2, 0) is 0 Å². The topological polar surface area (TPSA) is 55.2 Å². The molecule has 0 heterocycles. The lowest BCUT2D eigenvalue weighted by atomic mass is 10.2. The van der Waals surface area contributed by atoms with Crippen molar-refractivity contribution < 1.29 is 4.92 Å². The first-order valence-corrected chi connectivity index (χ1v) is 5.40. The van der Waals surface area contributed by atoms with E-state index < -0.39 is 4.92 Å². The molecule has 0 saturated heterocycles. The lowest BCUT2D eigenvalue weighted by molar-refractivity contribution is -0.383. The number of hydrogen-bond acceptors (Lipinski definition) is 3. The molecule has 4 nitrogen and oxygen atoms in total. The van der Waals surface area contributed by atoms with Crippen LogP contribution in [0, 0.1) is 10.1 Å². The summed E-state index contributed by atoms with van der Waals surface area (Å²) in [6.45, 7) is 0. The number of nitro benzene ring substituents is 1. The van der Waals surface area contributed by atoms with Gasteiger partial charge in [-0.05, 0) is 25.0 Å². The third kappa shape index (κ3) is 2.17. The predicted octanol–water partition coefficient (Wildman–Crippen LogP) is 3.38. The van der Waals surface area contributed by atoms with Gasteiger partial charge in [-0.15, -0.1) is 0 Å². The van der Waals surface area contributed by atoms with Gasteiger partial charge in [-0.25, -0.2) is 0 Å². The van der Waals surface area contributed by atoms with E-state index >= 15 is 0 Å². The van der Waals surface area contributed by atoms with Crippen LogP contribution in [-0.4, -0.2) is 11.0 Å². The van der Waals surface area contributed by atoms with Crippen LogP contribution in [0.15, 0.2) is 30.4 Å². The lowest BCUT2D eigenvalue weighted by Gasteiger charge is -2.13. The Morgan fingerprint density at radius 1 is 1.38 bits per heavy atom. The highest BCUT2D eigenvalue weighted by Crippen LogP contribution is 2.33. The summed E-state index contributed by atoms with van der Waals surface area (Å²) in [5.41, 5.74) is 0.447. The maximum absolute atomic E-state index is 10.9. The molecule has 0 aliphatic heterocycles. The molecule has 1 aliphatic carbocycles. The summed E-state index contributed by atoms with van der Waals surface area (Å²) in [4.78, 5) is 10.4. The summed E-state index contributed by atoms with van der Waals surface area (Å²) in [5.74, 6) is 0. The fourth-order valence-corrected chi connectivity index (χ4v) is 2.02. The van der Waals surface area contributed by atoms with Crippen LogP contribution in [0.1, 0.15) is 12.8 Å². The maximum Gasteiger partial charge on any atom is 0.310 e. The number of para-hydroxylation sites is 1. The van der Waals surface area contributed by atoms with Gasteiger partial charge in [0.15, 0.2) is 0 Å². The minimum atomic E-state index is -0.451. The van der Waals surface area contributed by atoms with Gasteiger partial charge in [0, 0.05) is 6.04 Å². The number of nitrogens with one attached hydrogen (secondary N) is 1. The second-order valence-corrected chi connectivity index (χ2v) is 4.08. The number of nitro groups is 1. The minimum absolute atomic E-state index is 0.0453. The molecule has 0 bridgehead atoms. The van der Waals surface area contributed by atoms with Gasteiger partial charge in [-0.2, -0.15) is 0 Å². The number of halogens is 1. The Morgan fingerprint density at radius 3 is 2.69 bits per heavy atom. The second kappa shape index (κ2) is 4.53. The predicted molar refractivity (Wildman–Crippen MR) is 63.9 cm³/mol. The molecule has 0 aromatic heterocycles. The van der Waals surface area contributed by atoms with Gasteiger partial charge in [-0.1, -0.05) is 29.8 Å². The van der Waals surface area contributed by atoms with Gasteiger partial charge in [0.2, 0.25) is 0 Å². The van der Waals surface area contributed by atoms with E-state index in [1.54, 1.807) is 12.1 Å². The molecule has 0 amide bonds. The van der Waals surface area contributed by atoms with Crippen molar-refractivity contribution in [3.63, 3.8) is 0 Å². The highest BCUT2D eigenvalue weighted by atomic mass is 35.5. The summed E-state index contributed by atoms with van der Waals surface area (Å²) >= 11 is 5.81. The van der Waals surface area contributed by atoms with Crippen molar-refractivity contribution >= 4 is 23.0 Å². The molecule has 1 aromatic carbocycles. The maximum atomic E-state index is 10.9. The molecule has 2 rings (SSSR count). The van der Waals surface area contributed by atoms with Gasteiger partial charge in [0.05, 0.1) is 4.92 Å². The van der Waals surface area contributed by atoms with Gasteiger partial charge >= 0.3 is 5.69 Å². The van der Waals surface area contributed by atoms with E-state index in [0.717, 1.165) is 12.8 Å². The number of hydrogen-bond donors (Lipinski definition) is 1. The van der Waals surface area contributed by atoms with Crippen LogP contribution in [0.5, 0.6) is 0 Å². The Balaban J connectivity index is 2.25. The fourth-order valence-electron chi connectivity index (χ4n) is 1.77. The first kappa shape index (κ1) is 11.0. The largest absolute Gasteiger partial charge is 0.376 e. The first-order chi connectivity index (χ1) is 7.68. The summed E-state index contributed by atoms with van der Waals surface area (Å²) in [5, 5.41) is 14.2. The Labute approximate surface area is 98.1 Å². The van der Waals surface area contributed by atoms with Crippen molar-refractivity contribution in [2.75, 3.05) is 5.32 Å². The van der Waals surface area contributed by atoms with Crippen molar-refractivity contribution in [2.45, 2.75) is 18.9 Å². The highest BCUT2D eigenvalue weighted by Gasteiger charge is 2.20. The molecule has 0 radical (unpaired) electrons. The zero-order chi connectivity index (χ0) is 11.5. The number of rotatable bonds is 3. The SMILES string of the molecule is O=[N+]([O-])c1c(Cl)cccc1NC1CC=CC1. The van der Waals surface area contributed by atoms with E-state index in [1.165, 1.54) is 6.07 Å². The van der Waals surface area contributed by atoms with Crippen molar-refractivity contribution in [3.8, 4) is 0 Å². The zero-order valence-corrected chi connectivity index (χ0v) is 9.28. The van der Waals surface area contributed by atoms with Crippen LogP contribution in [0.3, 0.4) is 0 Å². The number of nitrogens with zero attached hydrogens (tertiary/aromatic N) is 1. The normalized spacial score (nSPS) is 15.3. The lowest BCUT2D eigenvalue weighted by Crippen LogP contribution is -2.16. The summed E-state index contributed by atoms with van der Waals surface area (Å²) < 4.78 is 0. The third-order valence-corrected chi connectivity index (χ3v) is 2.84. The summed E-state index contributed by atoms with van der Waals surface area (Å²) in [6.07, 6.45) is 5.91. The van der Waals surface area contributed by atoms with E-state index in [-0.39, 0.29) is 16.8 Å². The van der Waals surface area contributed by atoms with Crippen molar-refractivity contribution in [2.24, 2.45) is 0 Å². The van der Waals surface area contributed by atoms with Gasteiger partial charge in [0.25, 0.3) is 0 Å². The number of benzene rings is 1. The first-order valence-electron chi connectivity index (χ1n) is 5.03. The average molecular weight is 239 g/mol. The van der Waals surface area contributed by atoms with Crippen molar-refractivity contribution in [3.05, 3.63) is 45.5 Å². The summed E-state index contributed by atoms with van der Waals surface area (Å²) in [6, 6.07) is 5.15. The van der Waals surface area contributed by atoms with Crippen LogP contribution in [0.2, 0.25) is 5.02 Å². The van der Waals surface area contributed by atoms with E-state index in [1.807, 2.05) is 0 Å². The molecule has 84 valence electrons. The Bertz CT molecular complexity index is 438. The molecular weight excluding hydrogens is 228 g/mol. The zero-order valence-electron chi connectivity index (χ0n) is 8.52. The van der Waals surface area contributed by atoms with Crippen LogP contribution >= 0.6 is 11.6 Å². The quantitative estimate of drug-likeness (QED) is 0.499. The highest BCUT2D eigenvalue weighted by molar-refractivity contribution is 6.33. The Morgan fingerprint density at radius 2 is 2.06 bits per heavy atom. The third-order valence-electron chi connectivity index (χ3n) is 2.54. The molecule has 5 heteroatoms. The van der Waals surface area contributed by atoms with E-state index in [2.05, 4.69) is 17.5 Å². The average Bonchev–Trinajstić information content (AvgIpc) is 2.70. The Kier molecular flexibility index (Phi) is 3.10.